The van der Waals surface area contributed by atoms with Gasteiger partial charge in [-0.2, -0.15) is 0 Å². The molecule has 8 heteroatoms. The van der Waals surface area contributed by atoms with E-state index in [1.54, 1.807) is 4.90 Å². The second-order valence-electron chi connectivity index (χ2n) is 8.21. The average Bonchev–Trinajstić information content (AvgIpc) is 2.94. The van der Waals surface area contributed by atoms with Crippen molar-refractivity contribution in [3.05, 3.63) is 41.7 Å². The number of nitrogen functional groups attached to an aromatic ring is 1. The Morgan fingerprint density at radius 1 is 1.19 bits per heavy atom. The van der Waals surface area contributed by atoms with E-state index >= 15 is 0 Å². The zero-order valence-electron chi connectivity index (χ0n) is 17.8. The predicted molar refractivity (Wildman–Crippen MR) is 118 cm³/mol. The zero-order chi connectivity index (χ0) is 21.8. The summed E-state index contributed by atoms with van der Waals surface area (Å²) in [5.74, 6) is 1.25. The summed E-state index contributed by atoms with van der Waals surface area (Å²) < 4.78 is 5.60. The average molecular weight is 424 g/mol. The molecule has 0 atom stereocenters. The molecule has 1 aliphatic carbocycles. The van der Waals surface area contributed by atoms with Gasteiger partial charge in [-0.1, -0.05) is 12.1 Å². The number of nitrogens with zero attached hydrogens (tertiary/aromatic N) is 3. The largest absolute Gasteiger partial charge is 0.475 e. The molecule has 0 saturated heterocycles. The van der Waals surface area contributed by atoms with Gasteiger partial charge in [-0.05, 0) is 62.1 Å². The highest BCUT2D eigenvalue weighted by Crippen LogP contribution is 2.38. The summed E-state index contributed by atoms with van der Waals surface area (Å²) in [6, 6.07) is 8.18. The molecule has 31 heavy (non-hydrogen) atoms. The van der Waals surface area contributed by atoms with Gasteiger partial charge < -0.3 is 20.7 Å². The number of anilines is 2. The van der Waals surface area contributed by atoms with Crippen molar-refractivity contribution < 1.29 is 14.3 Å². The van der Waals surface area contributed by atoms with Gasteiger partial charge in [0.1, 0.15) is 24.3 Å². The number of benzene rings is 1. The van der Waals surface area contributed by atoms with Crippen LogP contribution in [-0.4, -0.2) is 41.5 Å². The number of hydrogen-bond donors (Lipinski definition) is 2. The van der Waals surface area contributed by atoms with Gasteiger partial charge in [-0.25, -0.2) is 9.97 Å². The normalized spacial score (nSPS) is 21.1. The van der Waals surface area contributed by atoms with E-state index in [-0.39, 0.29) is 29.1 Å². The van der Waals surface area contributed by atoms with E-state index < -0.39 is 0 Å². The fraction of sp³-hybridized carbons (Fsp3) is 0.478. The molecule has 1 aromatic heterocycles. The summed E-state index contributed by atoms with van der Waals surface area (Å²) in [6.07, 6.45) is 6.25. The quantitative estimate of drug-likeness (QED) is 0.765. The van der Waals surface area contributed by atoms with Crippen molar-refractivity contribution in [1.82, 2.24) is 15.3 Å². The SMILES string of the molecule is CCNC(=O)CC1CCC(c2ccc(N3CCOc4ncnc(N)c4C3=O)cc2)CC1. The summed E-state index contributed by atoms with van der Waals surface area (Å²) in [5.41, 5.74) is 8.22. The molecule has 2 amide bonds. The predicted octanol–water partition coefficient (Wildman–Crippen LogP) is 2.90. The number of ether oxygens (including phenoxy) is 1. The van der Waals surface area contributed by atoms with Crippen LogP contribution in [0.25, 0.3) is 0 Å². The smallest absolute Gasteiger partial charge is 0.267 e. The van der Waals surface area contributed by atoms with Crippen molar-refractivity contribution in [2.45, 2.75) is 44.9 Å². The Kier molecular flexibility index (Phi) is 6.34. The number of rotatable bonds is 5. The first-order valence-corrected chi connectivity index (χ1v) is 11.0. The molecular weight excluding hydrogens is 394 g/mol. The number of nitrogens with two attached hydrogens (primary N) is 1. The third-order valence-corrected chi connectivity index (χ3v) is 6.23. The molecule has 3 N–H and O–H groups in total. The second-order valence-corrected chi connectivity index (χ2v) is 8.21. The lowest BCUT2D eigenvalue weighted by atomic mass is 9.77. The van der Waals surface area contributed by atoms with Crippen molar-refractivity contribution in [2.75, 3.05) is 30.3 Å². The molecule has 164 valence electrons. The maximum absolute atomic E-state index is 13.1. The molecule has 1 saturated carbocycles. The van der Waals surface area contributed by atoms with Crippen LogP contribution < -0.4 is 20.7 Å². The molecule has 0 bridgehead atoms. The van der Waals surface area contributed by atoms with Crippen LogP contribution in [0.1, 0.15) is 60.9 Å². The van der Waals surface area contributed by atoms with Crippen LogP contribution in [0, 0.1) is 5.92 Å². The molecule has 8 nitrogen and oxygen atoms in total. The number of fused-ring (bicyclic) bond motifs is 1. The maximum Gasteiger partial charge on any atom is 0.267 e. The third-order valence-electron chi connectivity index (χ3n) is 6.23. The van der Waals surface area contributed by atoms with E-state index in [1.807, 2.05) is 19.1 Å². The molecule has 0 spiro atoms. The second kappa shape index (κ2) is 9.32. The number of amides is 2. The van der Waals surface area contributed by atoms with Crippen molar-refractivity contribution in [2.24, 2.45) is 5.92 Å². The van der Waals surface area contributed by atoms with E-state index in [0.29, 0.717) is 38.0 Å². The molecule has 1 aromatic carbocycles. The highest BCUT2D eigenvalue weighted by molar-refractivity contribution is 6.10. The Hall–Kier alpha value is -3.16. The lowest BCUT2D eigenvalue weighted by molar-refractivity contribution is -0.122. The van der Waals surface area contributed by atoms with E-state index in [9.17, 15) is 9.59 Å². The van der Waals surface area contributed by atoms with Gasteiger partial charge in [0.15, 0.2) is 0 Å². The fourth-order valence-electron chi connectivity index (χ4n) is 4.57. The topological polar surface area (TPSA) is 110 Å². The fourth-order valence-corrected chi connectivity index (χ4v) is 4.57. The minimum absolute atomic E-state index is 0.128. The van der Waals surface area contributed by atoms with Gasteiger partial charge in [0.2, 0.25) is 11.8 Å². The van der Waals surface area contributed by atoms with Gasteiger partial charge in [0.05, 0.1) is 6.54 Å². The zero-order valence-corrected chi connectivity index (χ0v) is 17.8. The molecule has 1 fully saturated rings. The van der Waals surface area contributed by atoms with Crippen LogP contribution in [0.4, 0.5) is 11.5 Å². The van der Waals surface area contributed by atoms with Crippen molar-refractivity contribution in [3.63, 3.8) is 0 Å². The summed E-state index contributed by atoms with van der Waals surface area (Å²) in [6.45, 7) is 3.40. The van der Waals surface area contributed by atoms with Gasteiger partial charge in [0, 0.05) is 18.7 Å². The summed E-state index contributed by atoms with van der Waals surface area (Å²) in [7, 11) is 0. The van der Waals surface area contributed by atoms with Crippen molar-refractivity contribution in [3.8, 4) is 5.88 Å². The van der Waals surface area contributed by atoms with E-state index in [2.05, 4.69) is 27.4 Å². The van der Waals surface area contributed by atoms with E-state index in [1.165, 1.54) is 11.9 Å². The van der Waals surface area contributed by atoms with Crippen LogP contribution in [0.15, 0.2) is 30.6 Å². The number of hydrogen-bond acceptors (Lipinski definition) is 6. The van der Waals surface area contributed by atoms with Crippen LogP contribution in [0.5, 0.6) is 5.88 Å². The Morgan fingerprint density at radius 3 is 2.65 bits per heavy atom. The number of aromatic nitrogens is 2. The van der Waals surface area contributed by atoms with Crippen LogP contribution in [0.2, 0.25) is 0 Å². The highest BCUT2D eigenvalue weighted by atomic mass is 16.5. The number of carbonyl (C=O) groups is 2. The monoisotopic (exact) mass is 423 g/mol. The van der Waals surface area contributed by atoms with Crippen LogP contribution >= 0.6 is 0 Å². The Balaban J connectivity index is 1.41. The van der Waals surface area contributed by atoms with E-state index in [4.69, 9.17) is 10.5 Å². The first kappa shape index (κ1) is 21.1. The van der Waals surface area contributed by atoms with Gasteiger partial charge >= 0.3 is 0 Å². The van der Waals surface area contributed by atoms with Crippen LogP contribution in [-0.2, 0) is 4.79 Å². The minimum atomic E-state index is -0.246. The molecule has 2 aliphatic rings. The third kappa shape index (κ3) is 4.62. The Labute approximate surface area is 182 Å². The first-order chi connectivity index (χ1) is 15.1. The molecule has 4 rings (SSSR count). The van der Waals surface area contributed by atoms with Gasteiger partial charge in [-0.15, -0.1) is 0 Å². The lowest BCUT2D eigenvalue weighted by Gasteiger charge is -2.29. The van der Waals surface area contributed by atoms with Crippen LogP contribution in [0.3, 0.4) is 0 Å². The lowest BCUT2D eigenvalue weighted by Crippen LogP contribution is -2.32. The van der Waals surface area contributed by atoms with Gasteiger partial charge in [-0.3, -0.25) is 9.59 Å². The molecule has 1 aliphatic heterocycles. The highest BCUT2D eigenvalue weighted by Gasteiger charge is 2.29. The van der Waals surface area contributed by atoms with E-state index in [0.717, 1.165) is 31.4 Å². The summed E-state index contributed by atoms with van der Waals surface area (Å²) in [5, 5.41) is 2.90. The molecule has 0 radical (unpaired) electrons. The minimum Gasteiger partial charge on any atom is -0.475 e. The standard InChI is InChI=1S/C23H29N5O3/c1-2-25-19(29)13-15-3-5-16(6-4-15)17-7-9-18(10-8-17)28-11-12-31-22-20(23(28)30)21(24)26-14-27-22/h7-10,14-16H,2-6,11-13H2,1H3,(H,25,29)(H2,24,26,27). The van der Waals surface area contributed by atoms with Crippen molar-refractivity contribution >= 4 is 23.3 Å². The Morgan fingerprint density at radius 2 is 1.94 bits per heavy atom. The first-order valence-electron chi connectivity index (χ1n) is 11.0. The maximum atomic E-state index is 13.1. The van der Waals surface area contributed by atoms with Gasteiger partial charge in [0.25, 0.3) is 5.91 Å². The summed E-state index contributed by atoms with van der Waals surface area (Å²) in [4.78, 5) is 34.5. The van der Waals surface area contributed by atoms with Crippen molar-refractivity contribution in [1.29, 1.82) is 0 Å². The molecule has 2 aromatic rings. The Bertz CT molecular complexity index is 939. The number of nitrogens with one attached hydrogen (secondary N) is 1. The molecular formula is C23H29N5O3. The number of carbonyl (C=O) groups excluding carboxylic acids is 2. The molecule has 2 heterocycles. The summed E-state index contributed by atoms with van der Waals surface area (Å²) >= 11 is 0. The molecule has 0 unspecified atom stereocenters.